The molecule has 3 N–H and O–H groups in total. The van der Waals surface area contributed by atoms with Gasteiger partial charge in [0, 0.05) is 11.8 Å². The molecule has 0 radical (unpaired) electrons. The van der Waals surface area contributed by atoms with Crippen LogP contribution in [0.25, 0.3) is 0 Å². The van der Waals surface area contributed by atoms with Gasteiger partial charge in [0.1, 0.15) is 11.5 Å². The molecule has 0 aliphatic rings. The molecule has 0 bridgehead atoms. The molecule has 0 atom stereocenters. The molecule has 1 heterocycles. The molecule has 0 fully saturated rings. The Bertz CT molecular complexity index is 617. The summed E-state index contributed by atoms with van der Waals surface area (Å²) in [5, 5.41) is 21.8. The van der Waals surface area contributed by atoms with E-state index in [4.69, 9.17) is 5.21 Å². The third kappa shape index (κ3) is 2.03. The molecular weight excluding hydrogens is 220 g/mol. The van der Waals surface area contributed by atoms with Gasteiger partial charge in [0.15, 0.2) is 0 Å². The summed E-state index contributed by atoms with van der Waals surface area (Å²) >= 11 is 0. The normalized spacial score (nSPS) is 11.4. The van der Waals surface area contributed by atoms with E-state index in [1.165, 1.54) is 18.3 Å². The van der Waals surface area contributed by atoms with E-state index in [-0.39, 0.29) is 22.6 Å². The van der Waals surface area contributed by atoms with Crippen LogP contribution in [-0.4, -0.2) is 21.0 Å². The molecule has 86 valence electrons. The second kappa shape index (κ2) is 4.52. The highest BCUT2D eigenvalue weighted by Crippen LogP contribution is 2.18. The lowest BCUT2D eigenvalue weighted by molar-refractivity contribution is 0.319. The van der Waals surface area contributed by atoms with Crippen molar-refractivity contribution in [2.45, 2.75) is 0 Å². The second-order valence-electron chi connectivity index (χ2n) is 3.38. The molecule has 5 nitrogen and oxygen atoms in total. The van der Waals surface area contributed by atoms with Crippen LogP contribution in [0.2, 0.25) is 0 Å². The lowest BCUT2D eigenvalue weighted by atomic mass is 10.0. The smallest absolute Gasteiger partial charge is 0.257 e. The van der Waals surface area contributed by atoms with Crippen LogP contribution < -0.4 is 5.56 Å². The second-order valence-corrected chi connectivity index (χ2v) is 3.38. The van der Waals surface area contributed by atoms with Crippen molar-refractivity contribution >= 4 is 5.71 Å². The lowest BCUT2D eigenvalue weighted by Gasteiger charge is -2.05. The van der Waals surface area contributed by atoms with Crippen LogP contribution in [0.4, 0.5) is 0 Å². The Hall–Kier alpha value is -2.56. The van der Waals surface area contributed by atoms with Gasteiger partial charge >= 0.3 is 0 Å². The van der Waals surface area contributed by atoms with Gasteiger partial charge in [0.2, 0.25) is 0 Å². The minimum absolute atomic E-state index is 0.0324. The van der Waals surface area contributed by atoms with Gasteiger partial charge in [-0.15, -0.1) is 0 Å². The topological polar surface area (TPSA) is 85.7 Å². The Labute approximate surface area is 96.7 Å². The van der Waals surface area contributed by atoms with Crippen molar-refractivity contribution in [2.75, 3.05) is 0 Å². The first-order valence-electron chi connectivity index (χ1n) is 4.92. The molecule has 2 aromatic rings. The monoisotopic (exact) mass is 230 g/mol. The maximum Gasteiger partial charge on any atom is 0.257 e. The molecule has 1 aromatic carbocycles. The summed E-state index contributed by atoms with van der Waals surface area (Å²) < 4.78 is 0. The van der Waals surface area contributed by atoms with E-state index >= 15 is 0 Å². The van der Waals surface area contributed by atoms with Crippen LogP contribution in [0.3, 0.4) is 0 Å². The van der Waals surface area contributed by atoms with Gasteiger partial charge < -0.3 is 15.3 Å². The van der Waals surface area contributed by atoms with Crippen LogP contribution >= 0.6 is 0 Å². The zero-order valence-electron chi connectivity index (χ0n) is 8.79. The van der Waals surface area contributed by atoms with Crippen LogP contribution in [0.1, 0.15) is 11.1 Å². The number of phenolic OH excluding ortho intramolecular Hbond substituents is 1. The lowest BCUT2D eigenvalue weighted by Crippen LogP contribution is -2.18. The Morgan fingerprint density at radius 2 is 1.82 bits per heavy atom. The largest absolute Gasteiger partial charge is 0.507 e. The first-order chi connectivity index (χ1) is 8.24. The molecule has 0 aliphatic carbocycles. The van der Waals surface area contributed by atoms with Crippen molar-refractivity contribution < 1.29 is 10.3 Å². The van der Waals surface area contributed by atoms with Gasteiger partial charge in [-0.1, -0.05) is 17.3 Å². The summed E-state index contributed by atoms with van der Waals surface area (Å²) in [6.07, 6.45) is 1.48. The molecule has 0 saturated carbocycles. The molecule has 5 heteroatoms. The van der Waals surface area contributed by atoms with E-state index in [0.29, 0.717) is 5.56 Å². The van der Waals surface area contributed by atoms with Gasteiger partial charge in [-0.2, -0.15) is 0 Å². The first-order valence-corrected chi connectivity index (χ1v) is 4.92. The average molecular weight is 230 g/mol. The van der Waals surface area contributed by atoms with E-state index in [1.54, 1.807) is 24.3 Å². The fraction of sp³-hybridized carbons (Fsp3) is 0. The Balaban J connectivity index is 2.61. The number of hydrogen-bond acceptors (Lipinski definition) is 4. The van der Waals surface area contributed by atoms with Crippen LogP contribution in [-0.2, 0) is 0 Å². The van der Waals surface area contributed by atoms with E-state index in [1.807, 2.05) is 0 Å². The maximum absolute atomic E-state index is 11.6. The van der Waals surface area contributed by atoms with Gasteiger partial charge in [-0.3, -0.25) is 4.79 Å². The molecule has 17 heavy (non-hydrogen) atoms. The van der Waals surface area contributed by atoms with E-state index in [0.717, 1.165) is 0 Å². The summed E-state index contributed by atoms with van der Waals surface area (Å²) in [5.74, 6) is -0.0523. The Morgan fingerprint density at radius 1 is 1.12 bits per heavy atom. The quantitative estimate of drug-likeness (QED) is 0.413. The van der Waals surface area contributed by atoms with Gasteiger partial charge in [-0.05, 0) is 24.3 Å². The fourth-order valence-electron chi connectivity index (χ4n) is 1.53. The molecule has 1 aromatic heterocycles. The number of aromatic hydroxyl groups is 1. The predicted octanol–water partition coefficient (Wildman–Crippen LogP) is 1.31. The molecule has 0 amide bonds. The number of phenols is 1. The van der Waals surface area contributed by atoms with Crippen LogP contribution in [0.5, 0.6) is 5.75 Å². The predicted molar refractivity (Wildman–Crippen MR) is 62.6 cm³/mol. The molecule has 0 unspecified atom stereocenters. The molecule has 0 saturated heterocycles. The summed E-state index contributed by atoms with van der Waals surface area (Å²) in [4.78, 5) is 14.0. The number of hydrogen-bond donors (Lipinski definition) is 3. The van der Waals surface area contributed by atoms with E-state index < -0.39 is 0 Å². The van der Waals surface area contributed by atoms with Crippen molar-refractivity contribution in [3.8, 4) is 5.75 Å². The summed E-state index contributed by atoms with van der Waals surface area (Å²) in [6, 6.07) is 9.47. The van der Waals surface area contributed by atoms with Gasteiger partial charge in [0.25, 0.3) is 5.56 Å². The molecule has 0 spiro atoms. The summed E-state index contributed by atoms with van der Waals surface area (Å²) in [7, 11) is 0. The fourth-order valence-corrected chi connectivity index (χ4v) is 1.53. The zero-order chi connectivity index (χ0) is 12.3. The highest BCUT2D eigenvalue weighted by molar-refractivity contribution is 6.13. The van der Waals surface area contributed by atoms with Gasteiger partial charge in [-0.25, -0.2) is 0 Å². The Morgan fingerprint density at radius 3 is 2.47 bits per heavy atom. The number of rotatable bonds is 2. The van der Waals surface area contributed by atoms with E-state index in [2.05, 4.69) is 10.1 Å². The number of para-hydroxylation sites is 1. The first kappa shape index (κ1) is 10.9. The number of H-pyrrole nitrogens is 1. The minimum atomic E-state index is -0.386. The van der Waals surface area contributed by atoms with Crippen LogP contribution in [0, 0.1) is 0 Å². The number of pyridine rings is 1. The van der Waals surface area contributed by atoms with Crippen molar-refractivity contribution in [1.82, 2.24) is 4.98 Å². The third-order valence-electron chi connectivity index (χ3n) is 2.33. The number of aromatic nitrogens is 1. The molecule has 0 aliphatic heterocycles. The van der Waals surface area contributed by atoms with Crippen LogP contribution in [0.15, 0.2) is 52.5 Å². The zero-order valence-corrected chi connectivity index (χ0v) is 8.79. The SMILES string of the molecule is O=c1[nH]cccc1/C(=N/O)c1ccccc1O. The van der Waals surface area contributed by atoms with Gasteiger partial charge in [0.05, 0.1) is 5.56 Å². The minimum Gasteiger partial charge on any atom is -0.507 e. The number of aromatic amines is 1. The molecule has 2 rings (SSSR count). The highest BCUT2D eigenvalue weighted by atomic mass is 16.4. The maximum atomic E-state index is 11.6. The number of nitrogens with zero attached hydrogens (tertiary/aromatic N) is 1. The highest BCUT2D eigenvalue weighted by Gasteiger charge is 2.14. The third-order valence-corrected chi connectivity index (χ3v) is 2.33. The van der Waals surface area contributed by atoms with Crippen molar-refractivity contribution in [1.29, 1.82) is 0 Å². The average Bonchev–Trinajstić information content (AvgIpc) is 2.34. The van der Waals surface area contributed by atoms with Crippen molar-refractivity contribution in [2.24, 2.45) is 5.16 Å². The van der Waals surface area contributed by atoms with Crippen molar-refractivity contribution in [3.05, 3.63) is 64.1 Å². The standard InChI is InChI=1S/C12H10N2O3/c15-10-6-2-1-4-8(10)11(14-17)9-5-3-7-13-12(9)16/h1-7,15,17H,(H,13,16)/b14-11+. The number of benzene rings is 1. The number of nitrogens with one attached hydrogen (secondary N) is 1. The van der Waals surface area contributed by atoms with E-state index in [9.17, 15) is 9.90 Å². The Kier molecular flexibility index (Phi) is 2.91. The number of oxime groups is 1. The summed E-state index contributed by atoms with van der Waals surface area (Å²) in [5.41, 5.74) is 0.136. The van der Waals surface area contributed by atoms with Crippen molar-refractivity contribution in [3.63, 3.8) is 0 Å². The summed E-state index contributed by atoms with van der Waals surface area (Å²) in [6.45, 7) is 0. The molecular formula is C12H10N2O3.